The fraction of sp³-hybridized carbons (Fsp3) is 1.00. The van der Waals surface area contributed by atoms with E-state index < -0.39 is 0 Å². The Kier molecular flexibility index (Phi) is 2.23. The zero-order valence-corrected chi connectivity index (χ0v) is 10.4. The third-order valence-electron chi connectivity index (χ3n) is 5.46. The van der Waals surface area contributed by atoms with Crippen LogP contribution in [-0.2, 0) is 0 Å². The van der Waals surface area contributed by atoms with Gasteiger partial charge in [-0.1, -0.05) is 20.8 Å². The van der Waals surface area contributed by atoms with Crippen LogP contribution in [0.4, 0.5) is 0 Å². The minimum absolute atomic E-state index is 0.525. The summed E-state index contributed by atoms with van der Waals surface area (Å²) in [6.07, 6.45) is 4.43. The fourth-order valence-electron chi connectivity index (χ4n) is 3.66. The van der Waals surface area contributed by atoms with E-state index >= 15 is 0 Å². The number of nitrogens with zero attached hydrogens (tertiary/aromatic N) is 1. The minimum Gasteiger partial charge on any atom is -0.324 e. The molecule has 0 spiro atoms. The summed E-state index contributed by atoms with van der Waals surface area (Å²) >= 11 is 0. The topological polar surface area (TPSA) is 0 Å². The van der Waals surface area contributed by atoms with Crippen LogP contribution in [0.25, 0.3) is 0 Å². The standard InChI is InChI=1S/C13H26N/c1-5-14-9-6-13(7-10-14,8-11-14)12(2,3)4/h5-11H2,1-4H3/q+1. The molecule has 0 aliphatic carbocycles. The van der Waals surface area contributed by atoms with E-state index in [0.717, 1.165) is 0 Å². The van der Waals surface area contributed by atoms with Gasteiger partial charge in [-0.05, 0) is 17.8 Å². The van der Waals surface area contributed by atoms with Gasteiger partial charge < -0.3 is 4.48 Å². The van der Waals surface area contributed by atoms with Gasteiger partial charge in [0.15, 0.2) is 0 Å². The molecule has 0 amide bonds. The Bertz CT molecular complexity index is 199. The number of piperidine rings is 3. The fourth-order valence-corrected chi connectivity index (χ4v) is 3.66. The molecule has 0 unspecified atom stereocenters. The molecule has 3 heterocycles. The SMILES string of the molecule is CC[N+]12CCC(C(C)(C)C)(CC1)CC2. The number of hydrogen-bond donors (Lipinski definition) is 0. The predicted molar refractivity (Wildman–Crippen MR) is 61.1 cm³/mol. The molecule has 3 fully saturated rings. The van der Waals surface area contributed by atoms with Crippen molar-refractivity contribution in [3.05, 3.63) is 0 Å². The van der Waals surface area contributed by atoms with Gasteiger partial charge in [0.25, 0.3) is 0 Å². The van der Waals surface area contributed by atoms with Crippen molar-refractivity contribution in [1.29, 1.82) is 0 Å². The van der Waals surface area contributed by atoms with Gasteiger partial charge in [-0.3, -0.25) is 0 Å². The van der Waals surface area contributed by atoms with Crippen molar-refractivity contribution in [1.82, 2.24) is 0 Å². The van der Waals surface area contributed by atoms with Crippen LogP contribution in [0, 0.1) is 10.8 Å². The Hall–Kier alpha value is -0.0400. The van der Waals surface area contributed by atoms with E-state index in [2.05, 4.69) is 27.7 Å². The van der Waals surface area contributed by atoms with E-state index in [4.69, 9.17) is 0 Å². The second-order valence-electron chi connectivity index (χ2n) is 6.61. The first-order chi connectivity index (χ1) is 6.43. The molecule has 0 aromatic heterocycles. The van der Waals surface area contributed by atoms with Gasteiger partial charge in [0.1, 0.15) is 0 Å². The molecule has 0 atom stereocenters. The van der Waals surface area contributed by atoms with Crippen molar-refractivity contribution in [3.8, 4) is 0 Å². The number of fused-ring (bicyclic) bond motifs is 3. The third kappa shape index (κ3) is 1.32. The van der Waals surface area contributed by atoms with Crippen LogP contribution >= 0.6 is 0 Å². The van der Waals surface area contributed by atoms with E-state index in [1.807, 2.05) is 0 Å². The molecule has 3 aliphatic heterocycles. The summed E-state index contributed by atoms with van der Waals surface area (Å²) in [6, 6.07) is 0. The molecule has 1 heteroatoms. The molecule has 3 aliphatic rings. The first kappa shape index (κ1) is 10.5. The van der Waals surface area contributed by atoms with Crippen molar-refractivity contribution in [2.75, 3.05) is 26.2 Å². The molecule has 82 valence electrons. The van der Waals surface area contributed by atoms with Crippen molar-refractivity contribution in [2.24, 2.45) is 10.8 Å². The lowest BCUT2D eigenvalue weighted by molar-refractivity contribution is -0.944. The Morgan fingerprint density at radius 1 is 1.00 bits per heavy atom. The van der Waals surface area contributed by atoms with Gasteiger partial charge in [0.05, 0.1) is 26.2 Å². The largest absolute Gasteiger partial charge is 0.324 e. The summed E-state index contributed by atoms with van der Waals surface area (Å²) in [6.45, 7) is 15.4. The van der Waals surface area contributed by atoms with Crippen molar-refractivity contribution in [2.45, 2.75) is 47.0 Å². The maximum Gasteiger partial charge on any atom is 0.0792 e. The number of rotatable bonds is 1. The zero-order valence-electron chi connectivity index (χ0n) is 10.4. The molecule has 14 heavy (non-hydrogen) atoms. The maximum absolute atomic E-state index is 2.45. The molecular formula is C13H26N+. The Morgan fingerprint density at radius 2 is 1.43 bits per heavy atom. The highest BCUT2D eigenvalue weighted by Gasteiger charge is 2.53. The van der Waals surface area contributed by atoms with Crippen molar-refractivity contribution in [3.63, 3.8) is 0 Å². The minimum atomic E-state index is 0.525. The normalized spacial score (nSPS) is 42.9. The van der Waals surface area contributed by atoms with Crippen LogP contribution in [-0.4, -0.2) is 30.7 Å². The monoisotopic (exact) mass is 196 g/mol. The second kappa shape index (κ2) is 2.98. The van der Waals surface area contributed by atoms with Crippen LogP contribution in [0.15, 0.2) is 0 Å². The predicted octanol–water partition coefficient (Wildman–Crippen LogP) is 3.05. The Morgan fingerprint density at radius 3 is 1.71 bits per heavy atom. The van der Waals surface area contributed by atoms with E-state index in [1.165, 1.54) is 49.9 Å². The summed E-state index contributed by atoms with van der Waals surface area (Å²) in [5.74, 6) is 0. The number of quaternary nitrogens is 1. The average Bonchev–Trinajstić information content (AvgIpc) is 2.19. The highest BCUT2D eigenvalue weighted by molar-refractivity contribution is 4.94. The molecule has 0 N–H and O–H groups in total. The zero-order chi connectivity index (χ0) is 10.4. The van der Waals surface area contributed by atoms with Gasteiger partial charge >= 0.3 is 0 Å². The lowest BCUT2D eigenvalue weighted by Gasteiger charge is -2.59. The van der Waals surface area contributed by atoms with Crippen LogP contribution in [0.3, 0.4) is 0 Å². The average molecular weight is 196 g/mol. The quantitative estimate of drug-likeness (QED) is 0.565. The molecule has 0 aromatic carbocycles. The lowest BCUT2D eigenvalue weighted by Crippen LogP contribution is -2.64. The first-order valence-corrected chi connectivity index (χ1v) is 6.28. The highest BCUT2D eigenvalue weighted by atomic mass is 15.4. The van der Waals surface area contributed by atoms with Gasteiger partial charge in [-0.2, -0.15) is 0 Å². The smallest absolute Gasteiger partial charge is 0.0792 e. The van der Waals surface area contributed by atoms with E-state index in [0.29, 0.717) is 10.8 Å². The molecule has 3 rings (SSSR count). The molecule has 0 aromatic rings. The van der Waals surface area contributed by atoms with Gasteiger partial charge in [-0.15, -0.1) is 0 Å². The first-order valence-electron chi connectivity index (χ1n) is 6.28. The Balaban J connectivity index is 2.17. The highest BCUT2D eigenvalue weighted by Crippen LogP contribution is 2.54. The van der Waals surface area contributed by atoms with Gasteiger partial charge in [0, 0.05) is 19.3 Å². The van der Waals surface area contributed by atoms with E-state index in [-0.39, 0.29) is 0 Å². The van der Waals surface area contributed by atoms with Crippen LogP contribution in [0.1, 0.15) is 47.0 Å². The molecule has 0 radical (unpaired) electrons. The Labute approximate surface area is 89.1 Å². The molecular weight excluding hydrogens is 170 g/mol. The third-order valence-corrected chi connectivity index (χ3v) is 5.46. The summed E-state index contributed by atoms with van der Waals surface area (Å²) in [5, 5.41) is 0. The van der Waals surface area contributed by atoms with Crippen molar-refractivity contribution >= 4 is 0 Å². The molecule has 0 saturated carbocycles. The van der Waals surface area contributed by atoms with Crippen molar-refractivity contribution < 1.29 is 4.48 Å². The van der Waals surface area contributed by atoms with E-state index in [1.54, 1.807) is 0 Å². The van der Waals surface area contributed by atoms with Crippen LogP contribution < -0.4 is 0 Å². The number of hydrogen-bond acceptors (Lipinski definition) is 0. The maximum atomic E-state index is 2.45. The summed E-state index contributed by atoms with van der Waals surface area (Å²) in [5.41, 5.74) is 1.21. The second-order valence-corrected chi connectivity index (χ2v) is 6.61. The van der Waals surface area contributed by atoms with Gasteiger partial charge in [-0.25, -0.2) is 0 Å². The summed E-state index contributed by atoms with van der Waals surface area (Å²) in [4.78, 5) is 0. The lowest BCUT2D eigenvalue weighted by atomic mass is 9.57. The molecule has 3 saturated heterocycles. The summed E-state index contributed by atoms with van der Waals surface area (Å²) in [7, 11) is 0. The van der Waals surface area contributed by atoms with Crippen LogP contribution in [0.2, 0.25) is 0 Å². The van der Waals surface area contributed by atoms with E-state index in [9.17, 15) is 0 Å². The summed E-state index contributed by atoms with van der Waals surface area (Å²) < 4.78 is 1.43. The molecule has 1 nitrogen and oxygen atoms in total. The van der Waals surface area contributed by atoms with Crippen LogP contribution in [0.5, 0.6) is 0 Å². The molecule has 2 bridgehead atoms. The van der Waals surface area contributed by atoms with Gasteiger partial charge in [0.2, 0.25) is 0 Å².